The van der Waals surface area contributed by atoms with Gasteiger partial charge in [-0.05, 0) is 0 Å². The van der Waals surface area contributed by atoms with Gasteiger partial charge in [0.2, 0.25) is 0 Å². The molecule has 0 bridgehead atoms. The largest absolute Gasteiger partial charge is 0.481 e. The van der Waals surface area contributed by atoms with Crippen LogP contribution < -0.4 is 5.73 Å². The number of carbonyl (C=O) groups is 2. The minimum absolute atomic E-state index is 0. The van der Waals surface area contributed by atoms with Gasteiger partial charge in [-0.1, -0.05) is 0 Å². The van der Waals surface area contributed by atoms with Crippen LogP contribution in [-0.4, -0.2) is 28.2 Å². The molecule has 1 radical (unpaired) electrons. The molecule has 10 heavy (non-hydrogen) atoms. The first-order valence-corrected chi connectivity index (χ1v) is 2.24. The molecule has 0 aliphatic carbocycles. The van der Waals surface area contributed by atoms with Gasteiger partial charge in [0.1, 0.15) is 6.04 Å². The molecular formula is C4H7AuNO4. The number of nitrogens with two attached hydrogens (primary N) is 1. The fraction of sp³-hybridized carbons (Fsp3) is 0.500. The van der Waals surface area contributed by atoms with E-state index in [1.165, 1.54) is 0 Å². The molecule has 0 saturated heterocycles. The van der Waals surface area contributed by atoms with Gasteiger partial charge in [0.05, 0.1) is 6.42 Å². The van der Waals surface area contributed by atoms with E-state index in [0.29, 0.717) is 0 Å². The third-order valence-electron chi connectivity index (χ3n) is 0.712. The Balaban J connectivity index is 0. The second-order valence-corrected chi connectivity index (χ2v) is 1.54. The fourth-order valence-electron chi connectivity index (χ4n) is 0.275. The second kappa shape index (κ2) is 5.43. The third kappa shape index (κ3) is 5.77. The third-order valence-corrected chi connectivity index (χ3v) is 0.712. The van der Waals surface area contributed by atoms with Crippen molar-refractivity contribution in [2.24, 2.45) is 5.73 Å². The standard InChI is InChI=1S/C4H7NO4.Au/c5-2(4(8)9)1-3(6)7;/h2H,1,5H2,(H,6,7)(H,8,9);/t2-;/m0./s1. The van der Waals surface area contributed by atoms with E-state index in [-0.39, 0.29) is 22.4 Å². The van der Waals surface area contributed by atoms with Crippen LogP contribution in [0.5, 0.6) is 0 Å². The smallest absolute Gasteiger partial charge is 0.321 e. The SMILES string of the molecule is N[C@@H](CC(=O)O)C(=O)O.[Au]. The number of hydrogen-bond acceptors (Lipinski definition) is 3. The number of hydrogen-bond donors (Lipinski definition) is 3. The van der Waals surface area contributed by atoms with Crippen molar-refractivity contribution in [1.82, 2.24) is 0 Å². The maximum atomic E-state index is 9.85. The van der Waals surface area contributed by atoms with Gasteiger partial charge < -0.3 is 15.9 Å². The predicted octanol–water partition coefficient (Wildman–Crippen LogP) is -1.13. The van der Waals surface area contributed by atoms with E-state index in [0.717, 1.165) is 0 Å². The summed E-state index contributed by atoms with van der Waals surface area (Å²) >= 11 is 0. The molecule has 5 nitrogen and oxygen atoms in total. The molecule has 0 aromatic carbocycles. The Kier molecular flexibility index (Phi) is 6.69. The van der Waals surface area contributed by atoms with Crippen LogP contribution in [0.1, 0.15) is 6.42 Å². The summed E-state index contributed by atoms with van der Waals surface area (Å²) in [6, 6.07) is -1.29. The summed E-state index contributed by atoms with van der Waals surface area (Å²) < 4.78 is 0. The van der Waals surface area contributed by atoms with Gasteiger partial charge in [-0.15, -0.1) is 0 Å². The summed E-state index contributed by atoms with van der Waals surface area (Å²) in [5, 5.41) is 16.0. The van der Waals surface area contributed by atoms with Crippen LogP contribution in [0.3, 0.4) is 0 Å². The maximum absolute atomic E-state index is 9.85. The molecule has 1 atom stereocenters. The molecular weight excluding hydrogens is 323 g/mol. The molecule has 0 aromatic rings. The van der Waals surface area contributed by atoms with Crippen molar-refractivity contribution in [3.05, 3.63) is 0 Å². The van der Waals surface area contributed by atoms with Gasteiger partial charge in [-0.25, -0.2) is 0 Å². The number of carboxylic acid groups (broad SMARTS) is 2. The van der Waals surface area contributed by atoms with E-state index in [9.17, 15) is 9.59 Å². The normalized spacial score (nSPS) is 11.3. The summed E-state index contributed by atoms with van der Waals surface area (Å²) in [5.74, 6) is -2.50. The summed E-state index contributed by atoms with van der Waals surface area (Å²) in [7, 11) is 0. The Labute approximate surface area is 72.7 Å². The van der Waals surface area contributed by atoms with Crippen molar-refractivity contribution < 1.29 is 42.2 Å². The first kappa shape index (κ1) is 12.3. The molecule has 0 spiro atoms. The Morgan fingerprint density at radius 2 is 1.80 bits per heavy atom. The van der Waals surface area contributed by atoms with E-state index in [2.05, 4.69) is 0 Å². The van der Waals surface area contributed by atoms with Crippen LogP contribution in [-0.2, 0) is 32.0 Å². The molecule has 0 aliphatic rings. The molecule has 0 aliphatic heterocycles. The Morgan fingerprint density at radius 3 is 1.90 bits per heavy atom. The average Bonchev–Trinajstić information content (AvgIpc) is 1.63. The summed E-state index contributed by atoms with van der Waals surface area (Å²) in [4.78, 5) is 19.6. The number of carboxylic acids is 2. The van der Waals surface area contributed by atoms with Crippen LogP contribution in [0.25, 0.3) is 0 Å². The van der Waals surface area contributed by atoms with E-state index in [1.54, 1.807) is 0 Å². The Morgan fingerprint density at radius 1 is 1.40 bits per heavy atom. The zero-order valence-electron chi connectivity index (χ0n) is 4.87. The van der Waals surface area contributed by atoms with Gasteiger partial charge in [0.25, 0.3) is 0 Å². The van der Waals surface area contributed by atoms with E-state index >= 15 is 0 Å². The fourth-order valence-corrected chi connectivity index (χ4v) is 0.275. The summed E-state index contributed by atoms with van der Waals surface area (Å²) in [6.07, 6.45) is -0.532. The molecule has 63 valence electrons. The van der Waals surface area contributed by atoms with Crippen molar-refractivity contribution in [1.29, 1.82) is 0 Å². The molecule has 6 heteroatoms. The Hall–Kier alpha value is -0.360. The van der Waals surface area contributed by atoms with Crippen LogP contribution in [0.4, 0.5) is 0 Å². The van der Waals surface area contributed by atoms with Crippen molar-refractivity contribution in [3.63, 3.8) is 0 Å². The van der Waals surface area contributed by atoms with Crippen molar-refractivity contribution >= 4 is 11.9 Å². The van der Waals surface area contributed by atoms with Crippen LogP contribution in [0.15, 0.2) is 0 Å². The minimum atomic E-state index is -1.29. The summed E-state index contributed by atoms with van der Waals surface area (Å²) in [6.45, 7) is 0. The topological polar surface area (TPSA) is 101 Å². The van der Waals surface area contributed by atoms with Gasteiger partial charge in [-0.2, -0.15) is 0 Å². The zero-order valence-corrected chi connectivity index (χ0v) is 7.04. The Bertz CT molecular complexity index is 137. The monoisotopic (exact) mass is 330 g/mol. The van der Waals surface area contributed by atoms with Gasteiger partial charge in [0, 0.05) is 22.4 Å². The quantitative estimate of drug-likeness (QED) is 0.569. The molecule has 0 amide bonds. The van der Waals surface area contributed by atoms with Gasteiger partial charge >= 0.3 is 11.9 Å². The average molecular weight is 330 g/mol. The first-order chi connectivity index (χ1) is 4.04. The molecule has 0 aromatic heterocycles. The molecule has 4 N–H and O–H groups in total. The molecule has 0 saturated carbocycles. The van der Waals surface area contributed by atoms with Crippen molar-refractivity contribution in [2.45, 2.75) is 12.5 Å². The number of rotatable bonds is 3. The van der Waals surface area contributed by atoms with Crippen LogP contribution >= 0.6 is 0 Å². The zero-order chi connectivity index (χ0) is 7.44. The summed E-state index contributed by atoms with van der Waals surface area (Å²) in [5.41, 5.74) is 4.84. The predicted molar refractivity (Wildman–Crippen MR) is 27.9 cm³/mol. The molecule has 0 unspecified atom stereocenters. The van der Waals surface area contributed by atoms with Gasteiger partial charge in [-0.3, -0.25) is 9.59 Å². The van der Waals surface area contributed by atoms with E-state index < -0.39 is 24.4 Å². The van der Waals surface area contributed by atoms with Crippen molar-refractivity contribution in [3.8, 4) is 0 Å². The second-order valence-electron chi connectivity index (χ2n) is 1.54. The first-order valence-electron chi connectivity index (χ1n) is 2.24. The van der Waals surface area contributed by atoms with E-state index in [1.807, 2.05) is 0 Å². The van der Waals surface area contributed by atoms with Crippen LogP contribution in [0.2, 0.25) is 0 Å². The minimum Gasteiger partial charge on any atom is -0.481 e. The van der Waals surface area contributed by atoms with Gasteiger partial charge in [0.15, 0.2) is 0 Å². The molecule has 0 heterocycles. The number of aliphatic carboxylic acids is 2. The molecule has 0 rings (SSSR count). The van der Waals surface area contributed by atoms with Crippen LogP contribution in [0, 0.1) is 0 Å². The van der Waals surface area contributed by atoms with Crippen molar-refractivity contribution in [2.75, 3.05) is 0 Å². The maximum Gasteiger partial charge on any atom is 0.321 e. The van der Waals surface area contributed by atoms with E-state index in [4.69, 9.17) is 15.9 Å². The molecule has 0 fully saturated rings.